The first kappa shape index (κ1) is 17.1. The Labute approximate surface area is 156 Å². The van der Waals surface area contributed by atoms with Crippen molar-refractivity contribution in [3.05, 3.63) is 72.1 Å². The molecule has 1 aliphatic rings. The third-order valence-electron chi connectivity index (χ3n) is 4.13. The van der Waals surface area contributed by atoms with Crippen LogP contribution < -0.4 is 15.6 Å². The Kier molecular flexibility index (Phi) is 5.02. The molecule has 1 unspecified atom stereocenters. The number of rotatable bonds is 7. The van der Waals surface area contributed by atoms with E-state index in [-0.39, 0.29) is 6.23 Å². The van der Waals surface area contributed by atoms with Crippen LogP contribution in [-0.2, 0) is 17.6 Å². The normalized spacial score (nSPS) is 16.0. The molecule has 2 aromatic carbocycles. The van der Waals surface area contributed by atoms with Crippen LogP contribution in [-0.4, -0.2) is 23.9 Å². The van der Waals surface area contributed by atoms with Gasteiger partial charge in [0.25, 0.3) is 0 Å². The Morgan fingerprint density at radius 1 is 1.07 bits per heavy atom. The number of carbonyl (C=O) groups is 1. The van der Waals surface area contributed by atoms with Gasteiger partial charge in [0.05, 0.1) is 12.3 Å². The number of benzene rings is 2. The molecule has 1 aliphatic heterocycles. The van der Waals surface area contributed by atoms with Gasteiger partial charge >= 0.3 is 6.09 Å². The molecule has 2 heterocycles. The van der Waals surface area contributed by atoms with E-state index in [4.69, 9.17) is 13.9 Å². The van der Waals surface area contributed by atoms with Crippen molar-refractivity contribution in [3.63, 3.8) is 0 Å². The number of carbonyl (C=O) groups excluding carboxylic acids is 1. The van der Waals surface area contributed by atoms with Crippen LogP contribution in [0.4, 0.5) is 4.79 Å². The molecule has 2 N–H and O–H groups in total. The number of nitrogens with one attached hydrogen (secondary N) is 2. The fourth-order valence-corrected chi connectivity index (χ4v) is 2.76. The molecular weight excluding hydrogens is 346 g/mol. The zero-order chi connectivity index (χ0) is 18.5. The van der Waals surface area contributed by atoms with Gasteiger partial charge in [0.15, 0.2) is 6.23 Å². The van der Waals surface area contributed by atoms with Crippen LogP contribution in [0.2, 0.25) is 0 Å². The second-order valence-corrected chi connectivity index (χ2v) is 6.12. The summed E-state index contributed by atoms with van der Waals surface area (Å²) in [4.78, 5) is 15.5. The summed E-state index contributed by atoms with van der Waals surface area (Å²) in [5.41, 5.74) is 8.03. The van der Waals surface area contributed by atoms with E-state index in [0.717, 1.165) is 22.6 Å². The number of ether oxygens (including phenoxy) is 2. The Morgan fingerprint density at radius 3 is 2.63 bits per heavy atom. The van der Waals surface area contributed by atoms with Gasteiger partial charge in [-0.15, -0.1) is 0 Å². The molecule has 1 aromatic heterocycles. The molecular formula is C20H19N3O4. The van der Waals surface area contributed by atoms with Crippen molar-refractivity contribution in [2.45, 2.75) is 19.1 Å². The molecule has 1 amide bonds. The second-order valence-electron chi connectivity index (χ2n) is 6.12. The van der Waals surface area contributed by atoms with Crippen molar-refractivity contribution < 1.29 is 18.7 Å². The number of cyclic esters (lactones) is 1. The average Bonchev–Trinajstić information content (AvgIpc) is 3.33. The largest absolute Gasteiger partial charge is 0.493 e. The van der Waals surface area contributed by atoms with E-state index in [9.17, 15) is 4.79 Å². The Hall–Kier alpha value is -3.32. The summed E-state index contributed by atoms with van der Waals surface area (Å²) >= 11 is 0. The summed E-state index contributed by atoms with van der Waals surface area (Å²) in [5.74, 6) is 1.39. The fraction of sp³-hybridized carbons (Fsp3) is 0.200. The Morgan fingerprint density at radius 2 is 1.89 bits per heavy atom. The molecule has 0 bridgehead atoms. The summed E-state index contributed by atoms with van der Waals surface area (Å²) in [6.07, 6.45) is 2.10. The molecule has 27 heavy (non-hydrogen) atoms. The van der Waals surface area contributed by atoms with Crippen molar-refractivity contribution in [1.82, 2.24) is 15.8 Å². The van der Waals surface area contributed by atoms with Crippen LogP contribution in [0.3, 0.4) is 0 Å². The predicted molar refractivity (Wildman–Crippen MR) is 97.8 cm³/mol. The van der Waals surface area contributed by atoms with Gasteiger partial charge in [-0.05, 0) is 29.8 Å². The topological polar surface area (TPSA) is 85.6 Å². The highest BCUT2D eigenvalue weighted by atomic mass is 16.6. The second kappa shape index (κ2) is 7.92. The lowest BCUT2D eigenvalue weighted by Crippen LogP contribution is -2.32. The van der Waals surface area contributed by atoms with Gasteiger partial charge in [-0.2, -0.15) is 5.43 Å². The van der Waals surface area contributed by atoms with Crippen molar-refractivity contribution >= 4 is 6.09 Å². The van der Waals surface area contributed by atoms with Crippen molar-refractivity contribution in [2.24, 2.45) is 0 Å². The summed E-state index contributed by atoms with van der Waals surface area (Å²) in [6.45, 7) is 0.506. The maximum Gasteiger partial charge on any atom is 0.423 e. The molecule has 0 radical (unpaired) electrons. The number of aromatic nitrogens is 1. The quantitative estimate of drug-likeness (QED) is 0.669. The monoisotopic (exact) mass is 365 g/mol. The molecule has 7 nitrogen and oxygen atoms in total. The maximum atomic E-state index is 11.0. The van der Waals surface area contributed by atoms with E-state index >= 15 is 0 Å². The Balaban J connectivity index is 1.26. The standard InChI is InChI=1S/C20H19N3O4/c24-20-23-22-18(27-20)12-14-6-8-17(9-7-14)25-11-10-16-13-26-19(21-16)15-4-2-1-3-5-15/h1-9,13,18,22H,10-12H2,(H,23,24). The lowest BCUT2D eigenvalue weighted by molar-refractivity contribution is 0.129. The summed E-state index contributed by atoms with van der Waals surface area (Å²) in [6, 6.07) is 17.5. The molecule has 1 saturated heterocycles. The van der Waals surface area contributed by atoms with Crippen molar-refractivity contribution in [2.75, 3.05) is 6.61 Å². The number of hydrazine groups is 1. The summed E-state index contributed by atoms with van der Waals surface area (Å²) in [7, 11) is 0. The molecule has 138 valence electrons. The molecule has 0 aliphatic carbocycles. The minimum atomic E-state index is -0.455. The van der Waals surface area contributed by atoms with E-state index in [0.29, 0.717) is 25.3 Å². The SMILES string of the molecule is O=C1NNC(Cc2ccc(OCCc3coc(-c4ccccc4)n3)cc2)O1. The molecule has 0 saturated carbocycles. The highest BCUT2D eigenvalue weighted by Crippen LogP contribution is 2.19. The third-order valence-corrected chi connectivity index (χ3v) is 4.13. The molecule has 4 rings (SSSR count). The van der Waals surface area contributed by atoms with Gasteiger partial charge in [-0.1, -0.05) is 30.3 Å². The molecule has 1 fully saturated rings. The molecule has 1 atom stereocenters. The van der Waals surface area contributed by atoms with Gasteiger partial charge in [0.2, 0.25) is 5.89 Å². The number of nitrogens with zero attached hydrogens (tertiary/aromatic N) is 1. The first-order chi connectivity index (χ1) is 13.3. The molecule has 0 spiro atoms. The number of oxazole rings is 1. The fourth-order valence-electron chi connectivity index (χ4n) is 2.76. The van der Waals surface area contributed by atoms with Gasteiger partial charge in [-0.25, -0.2) is 9.78 Å². The van der Waals surface area contributed by atoms with E-state index in [1.165, 1.54) is 0 Å². The predicted octanol–water partition coefficient (Wildman–Crippen LogP) is 3.08. The number of amides is 1. The smallest absolute Gasteiger partial charge is 0.423 e. The highest BCUT2D eigenvalue weighted by Gasteiger charge is 2.21. The van der Waals surface area contributed by atoms with Gasteiger partial charge in [-0.3, -0.25) is 5.43 Å². The minimum absolute atomic E-state index is 0.352. The van der Waals surface area contributed by atoms with Crippen LogP contribution in [0, 0.1) is 0 Å². The summed E-state index contributed by atoms with van der Waals surface area (Å²) < 4.78 is 16.3. The van der Waals surface area contributed by atoms with Crippen LogP contribution in [0.5, 0.6) is 5.75 Å². The van der Waals surface area contributed by atoms with Gasteiger partial charge in [0.1, 0.15) is 12.0 Å². The van der Waals surface area contributed by atoms with E-state index < -0.39 is 6.09 Å². The molecule has 7 heteroatoms. The van der Waals surface area contributed by atoms with Crippen LogP contribution >= 0.6 is 0 Å². The Bertz CT molecular complexity index is 893. The maximum absolute atomic E-state index is 11.0. The third kappa shape index (κ3) is 4.45. The molecule has 3 aromatic rings. The lowest BCUT2D eigenvalue weighted by atomic mass is 10.1. The van der Waals surface area contributed by atoms with E-state index in [2.05, 4.69) is 15.8 Å². The van der Waals surface area contributed by atoms with Crippen LogP contribution in [0.25, 0.3) is 11.5 Å². The average molecular weight is 365 g/mol. The van der Waals surface area contributed by atoms with Crippen molar-refractivity contribution in [1.29, 1.82) is 0 Å². The van der Waals surface area contributed by atoms with E-state index in [1.54, 1.807) is 6.26 Å². The van der Waals surface area contributed by atoms with Gasteiger partial charge in [0, 0.05) is 18.4 Å². The van der Waals surface area contributed by atoms with Crippen molar-refractivity contribution in [3.8, 4) is 17.2 Å². The zero-order valence-corrected chi connectivity index (χ0v) is 14.6. The van der Waals surface area contributed by atoms with Gasteiger partial charge < -0.3 is 13.9 Å². The van der Waals surface area contributed by atoms with Crippen LogP contribution in [0.1, 0.15) is 11.3 Å². The number of hydrogen-bond acceptors (Lipinski definition) is 6. The van der Waals surface area contributed by atoms with E-state index in [1.807, 2.05) is 54.6 Å². The number of hydrogen-bond donors (Lipinski definition) is 2. The summed E-state index contributed by atoms with van der Waals surface area (Å²) in [5, 5.41) is 0. The first-order valence-corrected chi connectivity index (χ1v) is 8.70. The zero-order valence-electron chi connectivity index (χ0n) is 14.6. The first-order valence-electron chi connectivity index (χ1n) is 8.70. The minimum Gasteiger partial charge on any atom is -0.493 e. The lowest BCUT2D eigenvalue weighted by Gasteiger charge is -2.09. The highest BCUT2D eigenvalue weighted by molar-refractivity contribution is 5.68. The van der Waals surface area contributed by atoms with Crippen LogP contribution in [0.15, 0.2) is 65.3 Å².